The number of esters is 2. The zero-order valence-corrected chi connectivity index (χ0v) is 14.1. The van der Waals surface area contributed by atoms with E-state index in [0.717, 1.165) is 25.7 Å². The van der Waals surface area contributed by atoms with Gasteiger partial charge >= 0.3 is 18.0 Å². The Morgan fingerprint density at radius 2 is 1.67 bits per heavy atom. The monoisotopic (exact) mass is 366 g/mol. The highest BCUT2D eigenvalue weighted by Crippen LogP contribution is 2.59. The second-order valence-electron chi connectivity index (χ2n) is 7.21. The van der Waals surface area contributed by atoms with Crippen molar-refractivity contribution in [2.45, 2.75) is 50.7 Å². The largest absolute Gasteiger partial charge is 0.483 e. The summed E-state index contributed by atoms with van der Waals surface area (Å²) in [5, 5.41) is 0. The first-order valence-corrected chi connectivity index (χ1v) is 8.37. The summed E-state index contributed by atoms with van der Waals surface area (Å²) in [6, 6.07) is 0. The quantitative estimate of drug-likeness (QED) is 0.256. The van der Waals surface area contributed by atoms with Gasteiger partial charge in [-0.2, -0.15) is 13.1 Å². The van der Waals surface area contributed by atoms with Gasteiger partial charge in [0.05, 0.1) is 0 Å². The number of carbonyl (C=O) groups excluding carboxylic acids is 2. The molecule has 0 aromatic heterocycles. The first kappa shape index (κ1) is 17.9. The molecule has 0 spiro atoms. The van der Waals surface area contributed by atoms with Crippen LogP contribution in [0.4, 0.5) is 8.78 Å². The van der Waals surface area contributed by atoms with E-state index >= 15 is 0 Å². The number of halogens is 2. The van der Waals surface area contributed by atoms with Crippen LogP contribution in [-0.4, -0.2) is 30.3 Å². The number of alkyl halides is 2. The highest BCUT2D eigenvalue weighted by molar-refractivity contribution is 7.74. The van der Waals surface area contributed by atoms with E-state index in [2.05, 4.69) is 26.9 Å². The Hall–Kier alpha value is -0.930. The minimum Gasteiger partial charge on any atom is -0.456 e. The van der Waals surface area contributed by atoms with Gasteiger partial charge in [-0.1, -0.05) is 0 Å². The Kier molecular flexibility index (Phi) is 4.78. The first-order valence-electron chi connectivity index (χ1n) is 8.00. The summed E-state index contributed by atoms with van der Waals surface area (Å²) in [5.74, 6) is -0.889. The molecule has 0 aromatic carbocycles. The first-order chi connectivity index (χ1) is 11.2. The SMILES string of the molecule is CC1(OC(=O)COC(=O)C(F)(F)OOS)C2CC3CC(C2)CC1C3. The molecule has 0 heterocycles. The molecule has 4 aliphatic rings. The number of thiol groups is 1. The van der Waals surface area contributed by atoms with Gasteiger partial charge in [-0.25, -0.2) is 9.59 Å². The van der Waals surface area contributed by atoms with Crippen LogP contribution in [0.5, 0.6) is 0 Å². The molecule has 0 aromatic rings. The van der Waals surface area contributed by atoms with Crippen LogP contribution in [0.1, 0.15) is 39.0 Å². The van der Waals surface area contributed by atoms with Crippen LogP contribution >= 0.6 is 12.9 Å². The van der Waals surface area contributed by atoms with E-state index in [1.54, 1.807) is 0 Å². The third-order valence-corrected chi connectivity index (χ3v) is 5.87. The van der Waals surface area contributed by atoms with Gasteiger partial charge in [0.2, 0.25) is 0 Å². The van der Waals surface area contributed by atoms with Crippen LogP contribution in [-0.2, 0) is 28.3 Å². The predicted molar refractivity (Wildman–Crippen MR) is 78.6 cm³/mol. The van der Waals surface area contributed by atoms with Crippen molar-refractivity contribution in [2.75, 3.05) is 6.61 Å². The number of hydrogen-bond acceptors (Lipinski definition) is 7. The number of carbonyl (C=O) groups is 2. The fourth-order valence-corrected chi connectivity index (χ4v) is 4.94. The molecule has 0 saturated heterocycles. The third-order valence-electron chi connectivity index (χ3n) is 5.79. The molecule has 0 N–H and O–H groups in total. The summed E-state index contributed by atoms with van der Waals surface area (Å²) >= 11 is 2.96. The predicted octanol–water partition coefficient (Wildman–Crippen LogP) is 2.67. The van der Waals surface area contributed by atoms with Crippen LogP contribution in [0.15, 0.2) is 0 Å². The van der Waals surface area contributed by atoms with E-state index in [1.165, 1.54) is 6.42 Å². The standard InChI is InChI=1S/C15H20F2O6S/c1-14(10-3-8-2-9(5-10)6-11(14)4-8)21-12(18)7-20-13(19)15(16,17)22-23-24/h8-11,24H,2-7H2,1H3. The average Bonchev–Trinajstić information content (AvgIpc) is 2.49. The Morgan fingerprint density at radius 3 is 2.17 bits per heavy atom. The molecule has 0 radical (unpaired) electrons. The Labute approximate surface area is 143 Å². The average molecular weight is 366 g/mol. The van der Waals surface area contributed by atoms with Crippen molar-refractivity contribution in [3.8, 4) is 0 Å². The topological polar surface area (TPSA) is 71.1 Å². The molecular formula is C15H20F2O6S. The summed E-state index contributed by atoms with van der Waals surface area (Å²) in [5.41, 5.74) is -0.607. The van der Waals surface area contributed by atoms with Gasteiger partial charge in [-0.3, -0.25) is 0 Å². The van der Waals surface area contributed by atoms with E-state index in [-0.39, 0.29) is 11.8 Å². The van der Waals surface area contributed by atoms with Crippen molar-refractivity contribution in [1.82, 2.24) is 0 Å². The van der Waals surface area contributed by atoms with E-state index in [4.69, 9.17) is 4.74 Å². The molecule has 4 fully saturated rings. The third kappa shape index (κ3) is 3.25. The normalized spacial score (nSPS) is 37.3. The summed E-state index contributed by atoms with van der Waals surface area (Å²) < 4.78 is 39.3. The maximum Gasteiger partial charge on any atom is 0.483 e. The van der Waals surface area contributed by atoms with Crippen LogP contribution in [0.25, 0.3) is 0 Å². The molecule has 4 aliphatic carbocycles. The Bertz CT molecular complexity index is 498. The van der Waals surface area contributed by atoms with Gasteiger partial charge in [0.15, 0.2) is 6.61 Å². The lowest BCUT2D eigenvalue weighted by Gasteiger charge is -2.59. The van der Waals surface area contributed by atoms with Crippen molar-refractivity contribution in [1.29, 1.82) is 0 Å². The summed E-state index contributed by atoms with van der Waals surface area (Å²) in [6.45, 7) is 1.01. The number of rotatable bonds is 6. The Morgan fingerprint density at radius 1 is 1.12 bits per heavy atom. The second kappa shape index (κ2) is 6.42. The fourth-order valence-electron chi connectivity index (χ4n) is 4.85. The molecule has 0 aliphatic heterocycles. The van der Waals surface area contributed by atoms with Gasteiger partial charge in [0, 0.05) is 12.9 Å². The van der Waals surface area contributed by atoms with Gasteiger partial charge in [-0.15, -0.1) is 4.89 Å². The lowest BCUT2D eigenvalue weighted by atomic mass is 9.50. The minimum absolute atomic E-state index is 0.288. The smallest absolute Gasteiger partial charge is 0.456 e. The minimum atomic E-state index is -4.34. The molecule has 0 unspecified atom stereocenters. The Balaban J connectivity index is 1.54. The van der Waals surface area contributed by atoms with Gasteiger partial charge in [-0.05, 0) is 62.7 Å². The fraction of sp³-hybridized carbons (Fsp3) is 0.867. The van der Waals surface area contributed by atoms with Gasteiger partial charge < -0.3 is 9.47 Å². The summed E-state index contributed by atoms with van der Waals surface area (Å²) in [4.78, 5) is 26.5. The molecule has 4 rings (SSSR count). The highest BCUT2D eigenvalue weighted by Gasteiger charge is 2.57. The van der Waals surface area contributed by atoms with Crippen molar-refractivity contribution < 1.29 is 37.1 Å². The molecule has 9 heteroatoms. The lowest BCUT2D eigenvalue weighted by Crippen LogP contribution is -2.58. The summed E-state index contributed by atoms with van der Waals surface area (Å²) in [6.07, 6.45) is 1.04. The zero-order valence-electron chi connectivity index (χ0n) is 13.2. The molecule has 0 amide bonds. The van der Waals surface area contributed by atoms with Crippen LogP contribution in [0.2, 0.25) is 0 Å². The van der Waals surface area contributed by atoms with E-state index in [9.17, 15) is 18.4 Å². The summed E-state index contributed by atoms with van der Waals surface area (Å²) in [7, 11) is 0. The maximum atomic E-state index is 13.0. The molecule has 6 nitrogen and oxygen atoms in total. The maximum absolute atomic E-state index is 13.0. The second-order valence-corrected chi connectivity index (χ2v) is 7.36. The molecule has 4 bridgehead atoms. The zero-order chi connectivity index (χ0) is 17.5. The van der Waals surface area contributed by atoms with E-state index in [1.807, 2.05) is 6.92 Å². The van der Waals surface area contributed by atoms with Crippen molar-refractivity contribution >= 4 is 24.8 Å². The van der Waals surface area contributed by atoms with Crippen LogP contribution < -0.4 is 0 Å². The van der Waals surface area contributed by atoms with E-state index in [0.29, 0.717) is 11.8 Å². The van der Waals surface area contributed by atoms with Gasteiger partial charge in [0.1, 0.15) is 5.60 Å². The molecule has 4 saturated carbocycles. The lowest BCUT2D eigenvalue weighted by molar-refractivity contribution is -0.369. The molecular weight excluding hydrogens is 346 g/mol. The van der Waals surface area contributed by atoms with Crippen LogP contribution in [0, 0.1) is 23.7 Å². The van der Waals surface area contributed by atoms with Crippen molar-refractivity contribution in [3.05, 3.63) is 0 Å². The van der Waals surface area contributed by atoms with E-state index < -0.39 is 30.3 Å². The van der Waals surface area contributed by atoms with Crippen LogP contribution in [0.3, 0.4) is 0 Å². The molecule has 136 valence electrons. The highest BCUT2D eigenvalue weighted by atomic mass is 32.1. The molecule has 24 heavy (non-hydrogen) atoms. The van der Waals surface area contributed by atoms with Crippen molar-refractivity contribution in [3.63, 3.8) is 0 Å². The number of hydrogen-bond donors (Lipinski definition) is 1. The number of ether oxygens (including phenoxy) is 2. The van der Waals surface area contributed by atoms with Crippen molar-refractivity contribution in [2.24, 2.45) is 23.7 Å². The van der Waals surface area contributed by atoms with Gasteiger partial charge in [0.25, 0.3) is 0 Å². The molecule has 0 atom stereocenters.